The van der Waals surface area contributed by atoms with Gasteiger partial charge in [-0.3, -0.25) is 10.00 Å². The van der Waals surface area contributed by atoms with E-state index >= 15 is 0 Å². The van der Waals surface area contributed by atoms with Crippen molar-refractivity contribution in [1.29, 1.82) is 0 Å². The summed E-state index contributed by atoms with van der Waals surface area (Å²) in [6.45, 7) is 9.36. The Morgan fingerprint density at radius 2 is 2.12 bits per heavy atom. The first-order valence-corrected chi connectivity index (χ1v) is 8.65. The Hall–Kier alpha value is -2.21. The van der Waals surface area contributed by atoms with Gasteiger partial charge in [-0.15, -0.1) is 0 Å². The van der Waals surface area contributed by atoms with Crippen LogP contribution in [0.4, 0.5) is 0 Å². The van der Waals surface area contributed by atoms with E-state index < -0.39 is 0 Å². The first-order chi connectivity index (χ1) is 11.6. The van der Waals surface area contributed by atoms with Crippen molar-refractivity contribution in [1.82, 2.24) is 29.7 Å². The standard InChI is InChI=1S/C18H24N6/c1-12-8-19-22-17(12)15-5-4-6-23(10-15)11-16-9-20-24-14(3)7-13(2)21-18(16)24/h7-9,15H,4-6,10-11H2,1-3H3,(H,19,22)/t15-/m0/s1. The lowest BCUT2D eigenvalue weighted by atomic mass is 9.93. The molecule has 24 heavy (non-hydrogen) atoms. The maximum atomic E-state index is 4.70. The van der Waals surface area contributed by atoms with Crippen LogP contribution in [0.5, 0.6) is 0 Å². The van der Waals surface area contributed by atoms with Crippen LogP contribution in [0, 0.1) is 20.8 Å². The zero-order chi connectivity index (χ0) is 16.7. The fourth-order valence-corrected chi connectivity index (χ4v) is 3.87. The second-order valence-electron chi connectivity index (χ2n) is 6.99. The number of rotatable bonds is 3. The summed E-state index contributed by atoms with van der Waals surface area (Å²) in [6.07, 6.45) is 6.34. The lowest BCUT2D eigenvalue weighted by molar-refractivity contribution is 0.198. The Bertz CT molecular complexity index is 862. The van der Waals surface area contributed by atoms with Gasteiger partial charge >= 0.3 is 0 Å². The van der Waals surface area contributed by atoms with Gasteiger partial charge in [0.25, 0.3) is 0 Å². The minimum atomic E-state index is 0.541. The Kier molecular flexibility index (Phi) is 3.84. The number of aromatic nitrogens is 5. The molecule has 1 fully saturated rings. The van der Waals surface area contributed by atoms with Gasteiger partial charge in [-0.05, 0) is 51.8 Å². The average molecular weight is 324 g/mol. The lowest BCUT2D eigenvalue weighted by Crippen LogP contribution is -2.34. The predicted molar refractivity (Wildman–Crippen MR) is 93.0 cm³/mol. The van der Waals surface area contributed by atoms with Crippen molar-refractivity contribution >= 4 is 5.65 Å². The van der Waals surface area contributed by atoms with Crippen LogP contribution in [-0.4, -0.2) is 42.8 Å². The molecule has 0 unspecified atom stereocenters. The SMILES string of the molecule is Cc1cc(C)n2ncc(CN3CCC[C@H](c4[nH]ncc4C)C3)c2n1. The molecule has 3 aromatic rings. The summed E-state index contributed by atoms with van der Waals surface area (Å²) >= 11 is 0. The van der Waals surface area contributed by atoms with Crippen molar-refractivity contribution < 1.29 is 0 Å². The number of nitrogens with one attached hydrogen (secondary N) is 1. The van der Waals surface area contributed by atoms with Crippen LogP contribution in [0.15, 0.2) is 18.5 Å². The summed E-state index contributed by atoms with van der Waals surface area (Å²) in [5.74, 6) is 0.541. The van der Waals surface area contributed by atoms with Crippen molar-refractivity contribution in [2.45, 2.75) is 46.1 Å². The van der Waals surface area contributed by atoms with Crippen molar-refractivity contribution in [2.75, 3.05) is 13.1 Å². The van der Waals surface area contributed by atoms with Gasteiger partial charge in [-0.25, -0.2) is 9.50 Å². The minimum absolute atomic E-state index is 0.541. The van der Waals surface area contributed by atoms with Crippen LogP contribution in [0.3, 0.4) is 0 Å². The summed E-state index contributed by atoms with van der Waals surface area (Å²) in [7, 11) is 0. The monoisotopic (exact) mass is 324 g/mol. The molecule has 126 valence electrons. The van der Waals surface area contributed by atoms with E-state index in [1.54, 1.807) is 0 Å². The molecule has 1 saturated heterocycles. The molecule has 3 aromatic heterocycles. The van der Waals surface area contributed by atoms with E-state index in [9.17, 15) is 0 Å². The molecule has 1 atom stereocenters. The zero-order valence-electron chi connectivity index (χ0n) is 14.6. The molecular formula is C18H24N6. The molecule has 0 aliphatic carbocycles. The van der Waals surface area contributed by atoms with Gasteiger partial charge in [0, 0.05) is 41.7 Å². The number of aryl methyl sites for hydroxylation is 3. The van der Waals surface area contributed by atoms with Crippen molar-refractivity contribution in [3.05, 3.63) is 46.7 Å². The highest BCUT2D eigenvalue weighted by molar-refractivity contribution is 5.47. The van der Waals surface area contributed by atoms with Crippen LogP contribution in [0.2, 0.25) is 0 Å². The molecular weight excluding hydrogens is 300 g/mol. The third kappa shape index (κ3) is 2.71. The Balaban J connectivity index is 1.56. The fourth-order valence-electron chi connectivity index (χ4n) is 3.87. The number of hydrogen-bond donors (Lipinski definition) is 1. The van der Waals surface area contributed by atoms with E-state index in [4.69, 9.17) is 4.98 Å². The first-order valence-electron chi connectivity index (χ1n) is 8.65. The van der Waals surface area contributed by atoms with Gasteiger partial charge in [0.15, 0.2) is 5.65 Å². The molecule has 1 aliphatic rings. The molecule has 0 amide bonds. The van der Waals surface area contributed by atoms with Crippen LogP contribution < -0.4 is 0 Å². The largest absolute Gasteiger partial charge is 0.298 e. The molecule has 6 nitrogen and oxygen atoms in total. The zero-order valence-corrected chi connectivity index (χ0v) is 14.6. The molecule has 0 aromatic carbocycles. The second kappa shape index (κ2) is 6.02. The van der Waals surface area contributed by atoms with Crippen LogP contribution in [0.1, 0.15) is 47.0 Å². The third-order valence-electron chi connectivity index (χ3n) is 5.03. The molecule has 6 heteroatoms. The third-order valence-corrected chi connectivity index (χ3v) is 5.03. The van der Waals surface area contributed by atoms with Gasteiger partial charge in [0.2, 0.25) is 0 Å². The molecule has 1 aliphatic heterocycles. The number of fused-ring (bicyclic) bond motifs is 1. The van der Waals surface area contributed by atoms with Crippen molar-refractivity contribution in [3.63, 3.8) is 0 Å². The highest BCUT2D eigenvalue weighted by Gasteiger charge is 2.24. The Morgan fingerprint density at radius 1 is 1.25 bits per heavy atom. The smallest absolute Gasteiger partial charge is 0.159 e. The Morgan fingerprint density at radius 3 is 2.92 bits per heavy atom. The number of H-pyrrole nitrogens is 1. The van der Waals surface area contributed by atoms with Gasteiger partial charge in [0.1, 0.15) is 0 Å². The minimum Gasteiger partial charge on any atom is -0.298 e. The van der Waals surface area contributed by atoms with Gasteiger partial charge in [0.05, 0.1) is 12.4 Å². The average Bonchev–Trinajstić information content (AvgIpc) is 3.15. The van der Waals surface area contributed by atoms with E-state index in [0.717, 1.165) is 36.7 Å². The van der Waals surface area contributed by atoms with E-state index in [-0.39, 0.29) is 0 Å². The maximum absolute atomic E-state index is 4.70. The van der Waals surface area contributed by atoms with Crippen LogP contribution in [0.25, 0.3) is 5.65 Å². The summed E-state index contributed by atoms with van der Waals surface area (Å²) in [6, 6.07) is 2.07. The van der Waals surface area contributed by atoms with E-state index in [1.807, 2.05) is 23.8 Å². The van der Waals surface area contributed by atoms with Gasteiger partial charge in [-0.1, -0.05) is 0 Å². The molecule has 0 spiro atoms. The summed E-state index contributed by atoms with van der Waals surface area (Å²) < 4.78 is 1.95. The summed E-state index contributed by atoms with van der Waals surface area (Å²) in [5.41, 5.74) is 6.95. The number of hydrogen-bond acceptors (Lipinski definition) is 4. The fraction of sp³-hybridized carbons (Fsp3) is 0.500. The normalized spacial score (nSPS) is 19.2. The topological polar surface area (TPSA) is 62.1 Å². The molecule has 0 radical (unpaired) electrons. The molecule has 4 rings (SSSR count). The van der Waals surface area contributed by atoms with E-state index in [0.29, 0.717) is 5.92 Å². The van der Waals surface area contributed by atoms with Gasteiger partial charge < -0.3 is 0 Å². The van der Waals surface area contributed by atoms with Crippen LogP contribution >= 0.6 is 0 Å². The first kappa shape index (κ1) is 15.3. The van der Waals surface area contributed by atoms with Crippen molar-refractivity contribution in [2.24, 2.45) is 0 Å². The number of nitrogens with zero attached hydrogens (tertiary/aromatic N) is 5. The maximum Gasteiger partial charge on any atom is 0.159 e. The van der Waals surface area contributed by atoms with Crippen molar-refractivity contribution in [3.8, 4) is 0 Å². The van der Waals surface area contributed by atoms with Crippen LogP contribution in [-0.2, 0) is 6.54 Å². The van der Waals surface area contributed by atoms with Gasteiger partial charge in [-0.2, -0.15) is 10.2 Å². The highest BCUT2D eigenvalue weighted by Crippen LogP contribution is 2.28. The number of likely N-dealkylation sites (tertiary alicyclic amines) is 1. The summed E-state index contributed by atoms with van der Waals surface area (Å²) in [5, 5.41) is 11.9. The molecule has 1 N–H and O–H groups in total. The summed E-state index contributed by atoms with van der Waals surface area (Å²) in [4.78, 5) is 7.22. The predicted octanol–water partition coefficient (Wildman–Crippen LogP) is 2.76. The highest BCUT2D eigenvalue weighted by atomic mass is 15.3. The Labute approximate surface area is 141 Å². The number of piperidine rings is 1. The molecule has 4 heterocycles. The van der Waals surface area contributed by atoms with E-state index in [2.05, 4.69) is 40.1 Å². The lowest BCUT2D eigenvalue weighted by Gasteiger charge is -2.32. The molecule has 0 saturated carbocycles. The van der Waals surface area contributed by atoms with E-state index in [1.165, 1.54) is 29.7 Å². The quantitative estimate of drug-likeness (QED) is 0.805. The number of aromatic amines is 1. The second-order valence-corrected chi connectivity index (χ2v) is 6.99. The molecule has 0 bridgehead atoms.